The molecule has 3 heterocycles. The van der Waals surface area contributed by atoms with Gasteiger partial charge in [0.1, 0.15) is 17.1 Å². The Kier molecular flexibility index (Phi) is 6.71. The number of aryl methyl sites for hydroxylation is 1. The van der Waals surface area contributed by atoms with Crippen LogP contribution in [0.1, 0.15) is 32.1 Å². The molecule has 11 nitrogen and oxygen atoms in total. The number of oxazole rings is 1. The summed E-state index contributed by atoms with van der Waals surface area (Å²) in [5, 5.41) is 8.80. The average Bonchev–Trinajstić information content (AvgIpc) is 3.43. The van der Waals surface area contributed by atoms with Gasteiger partial charge in [-0.05, 0) is 23.8 Å². The second kappa shape index (κ2) is 10.2. The van der Waals surface area contributed by atoms with Gasteiger partial charge in [-0.2, -0.15) is 5.10 Å². The van der Waals surface area contributed by atoms with Gasteiger partial charge >= 0.3 is 12.1 Å². The molecule has 0 aliphatic heterocycles. The number of halogens is 4. The maximum Gasteiger partial charge on any atom is 0.573 e. The van der Waals surface area contributed by atoms with Crippen LogP contribution >= 0.6 is 0 Å². The number of aromatic nitrogens is 4. The molecule has 0 bridgehead atoms. The lowest BCUT2D eigenvalue weighted by Crippen LogP contribution is -2.29. The van der Waals surface area contributed by atoms with Crippen LogP contribution in [0.4, 0.5) is 17.6 Å². The van der Waals surface area contributed by atoms with Crippen molar-refractivity contribution >= 4 is 28.6 Å². The van der Waals surface area contributed by atoms with E-state index in [4.69, 9.17) is 4.42 Å². The molecule has 40 heavy (non-hydrogen) atoms. The van der Waals surface area contributed by atoms with Crippen LogP contribution in [-0.4, -0.2) is 37.3 Å². The molecule has 0 aliphatic rings. The van der Waals surface area contributed by atoms with Crippen molar-refractivity contribution in [3.05, 3.63) is 93.6 Å². The molecule has 2 N–H and O–H groups in total. The van der Waals surface area contributed by atoms with Crippen LogP contribution in [0.3, 0.4) is 0 Å². The summed E-state index contributed by atoms with van der Waals surface area (Å²) in [6.07, 6.45) is -4.13. The fraction of sp³-hybridized carbons (Fsp3) is 0.160. The molecule has 5 rings (SSSR count). The molecule has 0 atom stereocenters. The molecule has 0 unspecified atom stereocenters. The molecule has 0 aliphatic carbocycles. The quantitative estimate of drug-likeness (QED) is 0.294. The lowest BCUT2D eigenvalue weighted by atomic mass is 10.2. The lowest BCUT2D eigenvalue weighted by Gasteiger charge is -2.14. The normalized spacial score (nSPS) is 11.6. The van der Waals surface area contributed by atoms with Crippen molar-refractivity contribution < 1.29 is 36.3 Å². The minimum atomic E-state index is -4.94. The Balaban J connectivity index is 1.36. The highest BCUT2D eigenvalue weighted by Gasteiger charge is 2.32. The van der Waals surface area contributed by atoms with Gasteiger partial charge in [-0.1, -0.05) is 24.3 Å². The first kappa shape index (κ1) is 26.4. The van der Waals surface area contributed by atoms with Gasteiger partial charge in [0.2, 0.25) is 0 Å². The molecule has 0 saturated heterocycles. The van der Waals surface area contributed by atoms with E-state index in [9.17, 15) is 31.9 Å². The number of hydrogen-bond donors (Lipinski definition) is 2. The number of alkyl halides is 3. The zero-order valence-electron chi connectivity index (χ0n) is 20.5. The molecule has 206 valence electrons. The van der Waals surface area contributed by atoms with Crippen molar-refractivity contribution in [3.8, 4) is 5.75 Å². The molecule has 5 aromatic rings. The zero-order valence-corrected chi connectivity index (χ0v) is 20.5. The van der Waals surface area contributed by atoms with Crippen molar-refractivity contribution in [2.24, 2.45) is 7.05 Å². The number of rotatable bonds is 7. The minimum absolute atomic E-state index is 0.000265. The van der Waals surface area contributed by atoms with E-state index < -0.39 is 41.1 Å². The van der Waals surface area contributed by atoms with Crippen molar-refractivity contribution in [1.29, 1.82) is 0 Å². The van der Waals surface area contributed by atoms with Crippen LogP contribution in [0.5, 0.6) is 5.75 Å². The highest BCUT2D eigenvalue weighted by atomic mass is 19.4. The number of amides is 2. The standard InChI is InChI=1S/C25H18F4N6O5/c1-34-17-8-13(6-7-20(17)39-24(34)38)10-30-22(36)16-9-18(35-21(33-16)15(26)12-32-35)23(37)31-11-14-4-2-3-5-19(14)40-25(27,28)29/h2-9,12H,10-11H2,1H3,(H,30,36)(H,31,37). The van der Waals surface area contributed by atoms with E-state index in [0.29, 0.717) is 16.7 Å². The fourth-order valence-corrected chi connectivity index (χ4v) is 3.91. The van der Waals surface area contributed by atoms with Gasteiger partial charge in [-0.3, -0.25) is 14.2 Å². The van der Waals surface area contributed by atoms with Crippen molar-refractivity contribution in [2.75, 3.05) is 0 Å². The molecule has 0 spiro atoms. The molecule has 2 amide bonds. The van der Waals surface area contributed by atoms with Crippen LogP contribution in [0.25, 0.3) is 16.7 Å². The number of carbonyl (C=O) groups excluding carboxylic acids is 2. The third-order valence-electron chi connectivity index (χ3n) is 5.84. The molecule has 2 aromatic carbocycles. The number of benzene rings is 2. The monoisotopic (exact) mass is 558 g/mol. The predicted molar refractivity (Wildman–Crippen MR) is 130 cm³/mol. The number of fused-ring (bicyclic) bond motifs is 2. The SMILES string of the molecule is Cn1c(=O)oc2ccc(CNC(=O)c3cc(C(=O)NCc4ccccc4OC(F)(F)F)n4ncc(F)c4n3)cc21. The van der Waals surface area contributed by atoms with E-state index in [2.05, 4.69) is 25.5 Å². The molecule has 15 heteroatoms. The summed E-state index contributed by atoms with van der Waals surface area (Å²) < 4.78 is 63.8. The van der Waals surface area contributed by atoms with Crippen LogP contribution in [0, 0.1) is 5.82 Å². The van der Waals surface area contributed by atoms with E-state index in [0.717, 1.165) is 22.8 Å². The third kappa shape index (κ3) is 5.34. The number of ether oxygens (including phenoxy) is 1. The van der Waals surface area contributed by atoms with E-state index in [1.807, 2.05) is 0 Å². The number of nitrogens with one attached hydrogen (secondary N) is 2. The molecular formula is C25H18F4N6O5. The first-order chi connectivity index (χ1) is 19.0. The summed E-state index contributed by atoms with van der Waals surface area (Å²) in [6.45, 7) is -0.376. The van der Waals surface area contributed by atoms with Crippen molar-refractivity contribution in [3.63, 3.8) is 0 Å². The number of hydrogen-bond acceptors (Lipinski definition) is 7. The Hall–Kier alpha value is -5.21. The second-order valence-electron chi connectivity index (χ2n) is 8.50. The Bertz CT molecular complexity index is 1820. The maximum atomic E-state index is 14.4. The summed E-state index contributed by atoms with van der Waals surface area (Å²) in [5.74, 6) is -3.56. The van der Waals surface area contributed by atoms with Gasteiger partial charge in [0.15, 0.2) is 17.0 Å². The first-order valence-electron chi connectivity index (χ1n) is 11.5. The van der Waals surface area contributed by atoms with E-state index in [-0.39, 0.29) is 30.0 Å². The van der Waals surface area contributed by atoms with E-state index >= 15 is 0 Å². The van der Waals surface area contributed by atoms with Crippen LogP contribution < -0.4 is 21.1 Å². The molecule has 3 aromatic heterocycles. The fourth-order valence-electron chi connectivity index (χ4n) is 3.91. The maximum absolute atomic E-state index is 14.4. The van der Waals surface area contributed by atoms with Gasteiger partial charge in [0.25, 0.3) is 11.8 Å². The predicted octanol–water partition coefficient (Wildman–Crippen LogP) is 3.07. The summed E-state index contributed by atoms with van der Waals surface area (Å²) in [6, 6.07) is 11.2. The Morgan fingerprint density at radius 3 is 2.58 bits per heavy atom. The molecule has 0 fully saturated rings. The largest absolute Gasteiger partial charge is 0.573 e. The minimum Gasteiger partial charge on any atom is -0.408 e. The Morgan fingerprint density at radius 2 is 1.80 bits per heavy atom. The summed E-state index contributed by atoms with van der Waals surface area (Å²) in [7, 11) is 1.53. The Morgan fingerprint density at radius 1 is 1.05 bits per heavy atom. The van der Waals surface area contributed by atoms with Crippen LogP contribution in [-0.2, 0) is 20.1 Å². The topological polar surface area (TPSA) is 133 Å². The van der Waals surface area contributed by atoms with Crippen molar-refractivity contribution in [1.82, 2.24) is 29.8 Å². The summed E-state index contributed by atoms with van der Waals surface area (Å²) in [4.78, 5) is 41.6. The highest BCUT2D eigenvalue weighted by Crippen LogP contribution is 2.26. The van der Waals surface area contributed by atoms with Gasteiger partial charge < -0.3 is 19.8 Å². The molecular weight excluding hydrogens is 540 g/mol. The Labute approximate surface area is 221 Å². The first-order valence-corrected chi connectivity index (χ1v) is 11.5. The van der Waals surface area contributed by atoms with Gasteiger partial charge in [-0.15, -0.1) is 13.2 Å². The molecule has 0 radical (unpaired) electrons. The van der Waals surface area contributed by atoms with Gasteiger partial charge in [0, 0.05) is 31.8 Å². The smallest absolute Gasteiger partial charge is 0.408 e. The second-order valence-corrected chi connectivity index (χ2v) is 8.50. The molecule has 0 saturated carbocycles. The van der Waals surface area contributed by atoms with E-state index in [1.54, 1.807) is 18.2 Å². The van der Waals surface area contributed by atoms with Gasteiger partial charge in [-0.25, -0.2) is 18.7 Å². The third-order valence-corrected chi connectivity index (χ3v) is 5.84. The number of para-hydroxylation sites is 1. The van der Waals surface area contributed by atoms with E-state index in [1.165, 1.54) is 29.8 Å². The lowest BCUT2D eigenvalue weighted by molar-refractivity contribution is -0.274. The highest BCUT2D eigenvalue weighted by molar-refractivity contribution is 5.98. The zero-order chi connectivity index (χ0) is 28.6. The van der Waals surface area contributed by atoms with Crippen LogP contribution in [0.2, 0.25) is 0 Å². The average molecular weight is 558 g/mol. The van der Waals surface area contributed by atoms with Crippen molar-refractivity contribution in [2.45, 2.75) is 19.5 Å². The number of nitrogens with zero attached hydrogens (tertiary/aromatic N) is 4. The summed E-state index contributed by atoms with van der Waals surface area (Å²) in [5.41, 5.74) is 0.515. The van der Waals surface area contributed by atoms with Gasteiger partial charge in [0.05, 0.1) is 11.7 Å². The number of carbonyl (C=O) groups is 2. The van der Waals surface area contributed by atoms with Crippen LogP contribution in [0.15, 0.2) is 63.9 Å². The summed E-state index contributed by atoms with van der Waals surface area (Å²) >= 11 is 0.